The molecule has 21 heavy (non-hydrogen) atoms. The quantitative estimate of drug-likeness (QED) is 0.700. The van der Waals surface area contributed by atoms with E-state index in [-0.39, 0.29) is 12.0 Å². The molecule has 1 atom stereocenters. The first kappa shape index (κ1) is 18.4. The van der Waals surface area contributed by atoms with E-state index in [1.807, 2.05) is 13.8 Å². The van der Waals surface area contributed by atoms with E-state index >= 15 is 0 Å². The number of carbonyl (C=O) groups excluding carboxylic acids is 1. The molecule has 1 saturated heterocycles. The zero-order chi connectivity index (χ0) is 15.7. The summed E-state index contributed by atoms with van der Waals surface area (Å²) in [4.78, 5) is 14.8. The molecule has 0 aliphatic carbocycles. The first-order chi connectivity index (χ1) is 9.98. The molecule has 1 aliphatic rings. The molecular weight excluding hydrogens is 264 g/mol. The Kier molecular flexibility index (Phi) is 8.27. The fourth-order valence-electron chi connectivity index (χ4n) is 3.18. The molecule has 124 valence electrons. The minimum absolute atomic E-state index is 0.116. The number of hydrogen-bond acceptors (Lipinski definition) is 4. The van der Waals surface area contributed by atoms with Crippen molar-refractivity contribution in [1.82, 2.24) is 10.2 Å². The Morgan fingerprint density at radius 1 is 1.24 bits per heavy atom. The third kappa shape index (κ3) is 6.79. The van der Waals surface area contributed by atoms with Crippen molar-refractivity contribution in [2.75, 3.05) is 26.2 Å². The number of nitrogens with zero attached hydrogens (tertiary/aromatic N) is 1. The van der Waals surface area contributed by atoms with Crippen LogP contribution in [0.4, 0.5) is 0 Å². The van der Waals surface area contributed by atoms with Crippen LogP contribution in [0.15, 0.2) is 0 Å². The SMILES string of the molecule is CCOC(=O)C(C)(CCCN1CCCCCC1)NC(C)C. The van der Waals surface area contributed by atoms with Gasteiger partial charge in [0.2, 0.25) is 0 Å². The molecule has 1 fully saturated rings. The maximum absolute atomic E-state index is 12.2. The van der Waals surface area contributed by atoms with Crippen molar-refractivity contribution in [3.63, 3.8) is 0 Å². The summed E-state index contributed by atoms with van der Waals surface area (Å²) in [5, 5.41) is 3.40. The average Bonchev–Trinajstić information content (AvgIpc) is 2.67. The maximum Gasteiger partial charge on any atom is 0.326 e. The maximum atomic E-state index is 12.2. The topological polar surface area (TPSA) is 41.6 Å². The number of nitrogens with one attached hydrogen (secondary N) is 1. The molecule has 4 heteroatoms. The van der Waals surface area contributed by atoms with Crippen molar-refractivity contribution in [3.8, 4) is 0 Å². The van der Waals surface area contributed by atoms with Gasteiger partial charge in [0.1, 0.15) is 5.54 Å². The summed E-state index contributed by atoms with van der Waals surface area (Å²) in [5.41, 5.74) is -0.559. The lowest BCUT2D eigenvalue weighted by Crippen LogP contribution is -2.53. The lowest BCUT2D eigenvalue weighted by Gasteiger charge is -2.31. The van der Waals surface area contributed by atoms with Crippen molar-refractivity contribution in [1.29, 1.82) is 0 Å². The van der Waals surface area contributed by atoms with Crippen LogP contribution in [0.2, 0.25) is 0 Å². The normalized spacial score (nSPS) is 20.0. The highest BCUT2D eigenvalue weighted by Gasteiger charge is 2.34. The van der Waals surface area contributed by atoms with Crippen molar-refractivity contribution < 1.29 is 9.53 Å². The van der Waals surface area contributed by atoms with Gasteiger partial charge in [0.25, 0.3) is 0 Å². The van der Waals surface area contributed by atoms with Crippen LogP contribution >= 0.6 is 0 Å². The molecule has 0 aromatic heterocycles. The van der Waals surface area contributed by atoms with Crippen LogP contribution in [-0.2, 0) is 9.53 Å². The molecule has 0 saturated carbocycles. The van der Waals surface area contributed by atoms with Gasteiger partial charge in [0.15, 0.2) is 0 Å². The van der Waals surface area contributed by atoms with E-state index in [0.717, 1.165) is 19.4 Å². The Hall–Kier alpha value is -0.610. The Labute approximate surface area is 130 Å². The van der Waals surface area contributed by atoms with Gasteiger partial charge in [-0.1, -0.05) is 12.8 Å². The van der Waals surface area contributed by atoms with Crippen molar-refractivity contribution in [2.45, 2.75) is 77.8 Å². The zero-order valence-electron chi connectivity index (χ0n) is 14.4. The Bertz CT molecular complexity index is 299. The van der Waals surface area contributed by atoms with Crippen LogP contribution in [0.25, 0.3) is 0 Å². The highest BCUT2D eigenvalue weighted by molar-refractivity contribution is 5.80. The van der Waals surface area contributed by atoms with Gasteiger partial charge < -0.3 is 9.64 Å². The van der Waals surface area contributed by atoms with Gasteiger partial charge in [-0.05, 0) is 73.0 Å². The van der Waals surface area contributed by atoms with E-state index in [2.05, 4.69) is 24.1 Å². The first-order valence-electron chi connectivity index (χ1n) is 8.65. The van der Waals surface area contributed by atoms with Gasteiger partial charge in [-0.2, -0.15) is 0 Å². The van der Waals surface area contributed by atoms with E-state index in [9.17, 15) is 4.79 Å². The van der Waals surface area contributed by atoms with Crippen LogP contribution < -0.4 is 5.32 Å². The molecule has 1 heterocycles. The van der Waals surface area contributed by atoms with Crippen LogP contribution in [0.5, 0.6) is 0 Å². The fourth-order valence-corrected chi connectivity index (χ4v) is 3.18. The number of hydrogen-bond donors (Lipinski definition) is 1. The minimum Gasteiger partial charge on any atom is -0.465 e. The first-order valence-corrected chi connectivity index (χ1v) is 8.65. The fraction of sp³-hybridized carbons (Fsp3) is 0.941. The smallest absolute Gasteiger partial charge is 0.326 e. The van der Waals surface area contributed by atoms with Gasteiger partial charge in [-0.25, -0.2) is 0 Å². The van der Waals surface area contributed by atoms with Gasteiger partial charge in [0.05, 0.1) is 6.61 Å². The Morgan fingerprint density at radius 3 is 2.38 bits per heavy atom. The molecule has 1 N–H and O–H groups in total. The lowest BCUT2D eigenvalue weighted by molar-refractivity contribution is -0.151. The van der Waals surface area contributed by atoms with Gasteiger partial charge in [0, 0.05) is 6.04 Å². The van der Waals surface area contributed by atoms with Gasteiger partial charge >= 0.3 is 5.97 Å². The molecule has 0 spiro atoms. The highest BCUT2D eigenvalue weighted by atomic mass is 16.5. The summed E-state index contributed by atoms with van der Waals surface area (Å²) >= 11 is 0. The summed E-state index contributed by atoms with van der Waals surface area (Å²) in [5.74, 6) is -0.116. The zero-order valence-corrected chi connectivity index (χ0v) is 14.4. The van der Waals surface area contributed by atoms with Gasteiger partial charge in [-0.3, -0.25) is 10.1 Å². The number of rotatable bonds is 8. The lowest BCUT2D eigenvalue weighted by atomic mass is 9.94. The molecule has 0 aromatic rings. The minimum atomic E-state index is -0.559. The molecule has 1 rings (SSSR count). The highest BCUT2D eigenvalue weighted by Crippen LogP contribution is 2.18. The summed E-state index contributed by atoms with van der Waals surface area (Å²) in [6, 6.07) is 0.276. The number of carbonyl (C=O) groups is 1. The molecule has 0 aromatic carbocycles. The van der Waals surface area contributed by atoms with Gasteiger partial charge in [-0.15, -0.1) is 0 Å². The Balaban J connectivity index is 2.46. The summed E-state index contributed by atoms with van der Waals surface area (Å²) in [7, 11) is 0. The number of ether oxygens (including phenoxy) is 1. The van der Waals surface area contributed by atoms with E-state index in [0.29, 0.717) is 6.61 Å². The Morgan fingerprint density at radius 2 is 1.86 bits per heavy atom. The standard InChI is InChI=1S/C17H34N2O2/c1-5-21-16(20)17(4,18-15(2)3)11-10-14-19-12-8-6-7-9-13-19/h15,18H,5-14H2,1-4H3. The van der Waals surface area contributed by atoms with Crippen molar-refractivity contribution >= 4 is 5.97 Å². The summed E-state index contributed by atoms with van der Waals surface area (Å²) in [6.07, 6.45) is 7.24. The monoisotopic (exact) mass is 298 g/mol. The van der Waals surface area contributed by atoms with E-state index < -0.39 is 5.54 Å². The molecule has 0 amide bonds. The molecular formula is C17H34N2O2. The molecule has 1 unspecified atom stereocenters. The predicted molar refractivity (Wildman–Crippen MR) is 87.5 cm³/mol. The van der Waals surface area contributed by atoms with E-state index in [1.165, 1.54) is 38.8 Å². The second-order valence-corrected chi connectivity index (χ2v) is 6.71. The number of likely N-dealkylation sites (tertiary alicyclic amines) is 1. The second-order valence-electron chi connectivity index (χ2n) is 6.71. The van der Waals surface area contributed by atoms with Crippen molar-refractivity contribution in [2.24, 2.45) is 0 Å². The second kappa shape index (κ2) is 9.42. The van der Waals surface area contributed by atoms with Crippen LogP contribution in [0, 0.1) is 0 Å². The summed E-state index contributed by atoms with van der Waals surface area (Å²) in [6.45, 7) is 12.0. The predicted octanol–water partition coefficient (Wildman–Crippen LogP) is 2.96. The molecule has 4 nitrogen and oxygen atoms in total. The third-order valence-corrected chi connectivity index (χ3v) is 4.18. The molecule has 0 bridgehead atoms. The van der Waals surface area contributed by atoms with E-state index in [4.69, 9.17) is 4.74 Å². The molecule has 0 radical (unpaired) electrons. The molecule has 1 aliphatic heterocycles. The van der Waals surface area contributed by atoms with Crippen LogP contribution in [0.3, 0.4) is 0 Å². The summed E-state index contributed by atoms with van der Waals surface area (Å²) < 4.78 is 5.26. The van der Waals surface area contributed by atoms with E-state index in [1.54, 1.807) is 0 Å². The van der Waals surface area contributed by atoms with Crippen LogP contribution in [-0.4, -0.2) is 48.7 Å². The average molecular weight is 298 g/mol. The number of esters is 1. The largest absolute Gasteiger partial charge is 0.465 e. The van der Waals surface area contributed by atoms with Crippen molar-refractivity contribution in [3.05, 3.63) is 0 Å². The van der Waals surface area contributed by atoms with Crippen LogP contribution in [0.1, 0.15) is 66.2 Å². The third-order valence-electron chi connectivity index (χ3n) is 4.18.